The smallest absolute Gasteiger partial charge is 0.238 e. The van der Waals surface area contributed by atoms with Crippen molar-refractivity contribution in [3.05, 3.63) is 36.0 Å². The van der Waals surface area contributed by atoms with E-state index in [-0.39, 0.29) is 12.4 Å². The summed E-state index contributed by atoms with van der Waals surface area (Å²) < 4.78 is 3.40. The first kappa shape index (κ1) is 20.8. The number of rotatable bonds is 11. The predicted octanol–water partition coefficient (Wildman–Crippen LogP) is 4.13. The monoisotopic (exact) mass is 369 g/mol. The van der Waals surface area contributed by atoms with Gasteiger partial charge in [0.15, 0.2) is 0 Å². The number of thioether (sulfide) groups is 1. The molecular weight excluding hydrogens is 342 g/mol. The van der Waals surface area contributed by atoms with Gasteiger partial charge in [-0.3, -0.25) is 5.41 Å². The quantitative estimate of drug-likeness (QED) is 0.478. The largest absolute Gasteiger partial charge is 0.266 e. The minimum Gasteiger partial charge on any atom is -0.266 e. The van der Waals surface area contributed by atoms with Crippen LogP contribution in [0.25, 0.3) is 0 Å². The minimum atomic E-state index is 0. The van der Waals surface area contributed by atoms with Crippen molar-refractivity contribution < 1.29 is 0 Å². The van der Waals surface area contributed by atoms with Crippen molar-refractivity contribution in [1.29, 1.82) is 5.41 Å². The Morgan fingerprint density at radius 3 is 2.25 bits per heavy atom. The van der Waals surface area contributed by atoms with E-state index >= 15 is 0 Å². The summed E-state index contributed by atoms with van der Waals surface area (Å²) in [6.45, 7) is 3.75. The molecule has 2 aromatic rings. The molecule has 7 heteroatoms. The van der Waals surface area contributed by atoms with Gasteiger partial charge >= 0.3 is 0 Å². The van der Waals surface area contributed by atoms with Crippen molar-refractivity contribution in [2.45, 2.75) is 63.4 Å². The number of halogens is 1. The lowest BCUT2D eigenvalue weighted by atomic mass is 10.1. The zero-order valence-corrected chi connectivity index (χ0v) is 16.0. The highest BCUT2D eigenvalue weighted by Crippen LogP contribution is 2.16. The van der Waals surface area contributed by atoms with Crippen molar-refractivity contribution in [3.8, 4) is 0 Å². The molecule has 0 fully saturated rings. The molecule has 0 aliphatic carbocycles. The Bertz CT molecular complexity index is 611. The Balaban J connectivity index is 0.00000288. The number of aryl methyl sites for hydroxylation is 2. The van der Waals surface area contributed by atoms with Crippen LogP contribution >= 0.6 is 24.2 Å². The highest BCUT2D eigenvalue weighted by molar-refractivity contribution is 7.99. The standard InChI is InChI=1S/C17H27N5S.ClH/c1-2-3-4-5-6-10-13-21-17(18)22(20-19-21)14-15-23-16-11-8-7-9-12-16;/h7-9,11-12,18H,2-6,10,13-15H2,1H3;1H. The molecular formula is C17H28ClN5S. The van der Waals surface area contributed by atoms with E-state index in [4.69, 9.17) is 5.41 Å². The first-order valence-corrected chi connectivity index (χ1v) is 9.53. The van der Waals surface area contributed by atoms with Crippen molar-refractivity contribution in [2.75, 3.05) is 5.75 Å². The average Bonchev–Trinajstić information content (AvgIpc) is 2.92. The molecule has 0 unspecified atom stereocenters. The Morgan fingerprint density at radius 2 is 1.54 bits per heavy atom. The summed E-state index contributed by atoms with van der Waals surface area (Å²) in [5.74, 6) is 0.899. The average molecular weight is 370 g/mol. The van der Waals surface area contributed by atoms with E-state index in [0.717, 1.165) is 25.3 Å². The van der Waals surface area contributed by atoms with Gasteiger partial charge in [-0.05, 0) is 29.0 Å². The second-order valence-corrected chi connectivity index (χ2v) is 6.85. The number of nitrogens with zero attached hydrogens (tertiary/aromatic N) is 4. The van der Waals surface area contributed by atoms with E-state index in [2.05, 4.69) is 29.5 Å². The highest BCUT2D eigenvalue weighted by Gasteiger charge is 2.03. The second kappa shape index (κ2) is 12.1. The van der Waals surface area contributed by atoms with Crippen LogP contribution in [0.15, 0.2) is 35.2 Å². The fraction of sp³-hybridized carbons (Fsp3) is 0.588. The number of hydrogen-bond acceptors (Lipinski definition) is 4. The van der Waals surface area contributed by atoms with Gasteiger partial charge in [0.05, 0.1) is 6.54 Å². The summed E-state index contributed by atoms with van der Waals surface area (Å²) in [4.78, 5) is 1.25. The van der Waals surface area contributed by atoms with E-state index in [9.17, 15) is 0 Å². The number of hydrogen-bond donors (Lipinski definition) is 1. The van der Waals surface area contributed by atoms with Crippen LogP contribution in [0.4, 0.5) is 0 Å². The zero-order chi connectivity index (χ0) is 16.3. The van der Waals surface area contributed by atoms with Gasteiger partial charge in [0.25, 0.3) is 0 Å². The Kier molecular flexibility index (Phi) is 10.5. The van der Waals surface area contributed by atoms with Crippen molar-refractivity contribution in [3.63, 3.8) is 0 Å². The molecule has 2 rings (SSSR count). The molecule has 1 N–H and O–H groups in total. The number of benzene rings is 1. The van der Waals surface area contributed by atoms with Gasteiger partial charge < -0.3 is 0 Å². The van der Waals surface area contributed by atoms with Crippen LogP contribution < -0.4 is 5.62 Å². The number of aromatic nitrogens is 4. The molecule has 134 valence electrons. The molecule has 0 amide bonds. The summed E-state index contributed by atoms with van der Waals surface area (Å²) in [6.07, 6.45) is 7.50. The third-order valence-corrected chi connectivity index (χ3v) is 4.78. The summed E-state index contributed by atoms with van der Waals surface area (Å²) >= 11 is 1.78. The van der Waals surface area contributed by atoms with Crippen LogP contribution in [-0.2, 0) is 13.1 Å². The molecule has 0 radical (unpaired) electrons. The van der Waals surface area contributed by atoms with Crippen LogP contribution in [0, 0.1) is 5.41 Å². The maximum absolute atomic E-state index is 8.15. The van der Waals surface area contributed by atoms with Crippen LogP contribution in [0.1, 0.15) is 45.4 Å². The molecule has 0 saturated carbocycles. The molecule has 1 aromatic carbocycles. The van der Waals surface area contributed by atoms with Crippen molar-refractivity contribution in [2.24, 2.45) is 0 Å². The number of unbranched alkanes of at least 4 members (excludes halogenated alkanes) is 5. The topological polar surface area (TPSA) is 59.5 Å². The molecule has 0 saturated heterocycles. The fourth-order valence-corrected chi connectivity index (χ4v) is 3.27. The molecule has 0 aliphatic rings. The molecule has 5 nitrogen and oxygen atoms in total. The van der Waals surface area contributed by atoms with Gasteiger partial charge in [0.2, 0.25) is 5.62 Å². The Labute approximate surface area is 154 Å². The van der Waals surface area contributed by atoms with Gasteiger partial charge in [-0.25, -0.2) is 9.36 Å². The van der Waals surface area contributed by atoms with Gasteiger partial charge in [0.1, 0.15) is 0 Å². The maximum atomic E-state index is 8.15. The van der Waals surface area contributed by atoms with Crippen molar-refractivity contribution >= 4 is 24.2 Å². The molecule has 1 aromatic heterocycles. The van der Waals surface area contributed by atoms with E-state index < -0.39 is 0 Å². The zero-order valence-electron chi connectivity index (χ0n) is 14.4. The third kappa shape index (κ3) is 7.09. The van der Waals surface area contributed by atoms with Gasteiger partial charge in [-0.2, -0.15) is 0 Å². The van der Waals surface area contributed by atoms with Crippen molar-refractivity contribution in [1.82, 2.24) is 19.8 Å². The van der Waals surface area contributed by atoms with Gasteiger partial charge in [0, 0.05) is 17.2 Å². The van der Waals surface area contributed by atoms with E-state index in [1.165, 1.54) is 37.0 Å². The lowest BCUT2D eigenvalue weighted by Crippen LogP contribution is -2.26. The van der Waals surface area contributed by atoms with Gasteiger partial charge in [-0.15, -0.1) is 24.2 Å². The number of nitrogens with one attached hydrogen (secondary N) is 1. The molecule has 24 heavy (non-hydrogen) atoms. The molecule has 0 atom stereocenters. The van der Waals surface area contributed by atoms with E-state index in [1.54, 1.807) is 21.1 Å². The van der Waals surface area contributed by atoms with Crippen LogP contribution in [0.2, 0.25) is 0 Å². The first-order chi connectivity index (χ1) is 11.3. The molecule has 0 spiro atoms. The normalized spacial score (nSPS) is 10.5. The summed E-state index contributed by atoms with van der Waals surface area (Å²) in [7, 11) is 0. The Hall–Kier alpha value is -1.27. The predicted molar refractivity (Wildman–Crippen MR) is 102 cm³/mol. The SMILES string of the molecule is CCCCCCCCn1nnn(CCSc2ccccc2)c1=N.Cl. The molecule has 0 aliphatic heterocycles. The van der Waals surface area contributed by atoms with Gasteiger partial charge in [-0.1, -0.05) is 57.2 Å². The minimum absolute atomic E-state index is 0. The third-order valence-electron chi connectivity index (χ3n) is 3.78. The summed E-state index contributed by atoms with van der Waals surface area (Å²) in [6, 6.07) is 10.3. The van der Waals surface area contributed by atoms with E-state index in [1.807, 2.05) is 18.2 Å². The van der Waals surface area contributed by atoms with Crippen LogP contribution in [0.3, 0.4) is 0 Å². The maximum Gasteiger partial charge on any atom is 0.238 e. The number of tetrazole rings is 1. The van der Waals surface area contributed by atoms with Crippen LogP contribution in [-0.4, -0.2) is 25.5 Å². The van der Waals surface area contributed by atoms with Crippen LogP contribution in [0.5, 0.6) is 0 Å². The van der Waals surface area contributed by atoms with E-state index in [0.29, 0.717) is 5.62 Å². The fourth-order valence-electron chi connectivity index (χ4n) is 2.42. The molecule has 0 bridgehead atoms. The summed E-state index contributed by atoms with van der Waals surface area (Å²) in [5.41, 5.74) is 0.409. The first-order valence-electron chi connectivity index (χ1n) is 8.54. The highest BCUT2D eigenvalue weighted by atomic mass is 35.5. The lowest BCUT2D eigenvalue weighted by Gasteiger charge is -2.02. The second-order valence-electron chi connectivity index (χ2n) is 5.68. The lowest BCUT2D eigenvalue weighted by molar-refractivity contribution is 0.499. The summed E-state index contributed by atoms with van der Waals surface area (Å²) in [5, 5.41) is 16.4. The Morgan fingerprint density at radius 1 is 0.917 bits per heavy atom. The molecule has 1 heterocycles.